The lowest BCUT2D eigenvalue weighted by molar-refractivity contribution is -0.116. The first-order chi connectivity index (χ1) is 14.4. The third-order valence-corrected chi connectivity index (χ3v) is 5.53. The van der Waals surface area contributed by atoms with Gasteiger partial charge in [-0.15, -0.1) is 11.3 Å². The van der Waals surface area contributed by atoms with Crippen molar-refractivity contribution in [2.45, 2.75) is 27.2 Å². The molecular formula is C24H27N3O2S. The quantitative estimate of drug-likeness (QED) is 0.541. The number of aromatic nitrogens is 1. The fraction of sp³-hybridized carbons (Fsp3) is 0.292. The van der Waals surface area contributed by atoms with Crippen molar-refractivity contribution in [3.8, 4) is 11.1 Å². The molecule has 0 fully saturated rings. The van der Waals surface area contributed by atoms with Crippen molar-refractivity contribution >= 4 is 28.3 Å². The molecule has 0 saturated carbocycles. The van der Waals surface area contributed by atoms with E-state index in [1.807, 2.05) is 61.5 Å². The lowest BCUT2D eigenvalue weighted by Gasteiger charge is -2.23. The van der Waals surface area contributed by atoms with Crippen LogP contribution < -0.4 is 5.32 Å². The van der Waals surface area contributed by atoms with E-state index in [9.17, 15) is 9.59 Å². The summed E-state index contributed by atoms with van der Waals surface area (Å²) in [7, 11) is 0. The van der Waals surface area contributed by atoms with E-state index in [4.69, 9.17) is 0 Å². The van der Waals surface area contributed by atoms with Crippen molar-refractivity contribution in [2.75, 3.05) is 18.4 Å². The van der Waals surface area contributed by atoms with E-state index in [1.54, 1.807) is 11.1 Å². The van der Waals surface area contributed by atoms with Crippen LogP contribution >= 0.6 is 11.3 Å². The first-order valence-electron chi connectivity index (χ1n) is 10.1. The standard InChI is InChI=1S/C24H27N3O2S/c1-17(2)13-14-27(16-22(28)26-24-25-15-18(3)30-24)23(29)21-11-9-20(10-12-21)19-7-5-4-6-8-19/h4-12,15,17H,13-14,16H2,1-3H3,(H,25,26,28). The average Bonchev–Trinajstić information content (AvgIpc) is 3.15. The second kappa shape index (κ2) is 10.2. The maximum atomic E-state index is 13.1. The van der Waals surface area contributed by atoms with Crippen LogP contribution in [0, 0.1) is 12.8 Å². The minimum Gasteiger partial charge on any atom is -0.329 e. The molecule has 0 radical (unpaired) electrons. The molecule has 3 aromatic rings. The van der Waals surface area contributed by atoms with Crippen LogP contribution in [0.2, 0.25) is 0 Å². The monoisotopic (exact) mass is 421 g/mol. The second-order valence-electron chi connectivity index (χ2n) is 7.68. The fourth-order valence-corrected chi connectivity index (χ4v) is 3.71. The summed E-state index contributed by atoms with van der Waals surface area (Å²) in [6.07, 6.45) is 2.55. The van der Waals surface area contributed by atoms with Gasteiger partial charge >= 0.3 is 0 Å². The van der Waals surface area contributed by atoms with Crippen molar-refractivity contribution in [2.24, 2.45) is 5.92 Å². The van der Waals surface area contributed by atoms with Crippen molar-refractivity contribution in [3.63, 3.8) is 0 Å². The molecule has 1 N–H and O–H groups in total. The Morgan fingerprint density at radius 3 is 2.30 bits per heavy atom. The topological polar surface area (TPSA) is 62.3 Å². The molecule has 30 heavy (non-hydrogen) atoms. The summed E-state index contributed by atoms with van der Waals surface area (Å²) in [5.41, 5.74) is 2.74. The van der Waals surface area contributed by atoms with Crippen LogP contribution in [0.15, 0.2) is 60.8 Å². The van der Waals surface area contributed by atoms with E-state index in [0.29, 0.717) is 23.2 Å². The van der Waals surface area contributed by atoms with Crippen molar-refractivity contribution in [3.05, 3.63) is 71.2 Å². The van der Waals surface area contributed by atoms with Gasteiger partial charge in [0.25, 0.3) is 5.91 Å². The van der Waals surface area contributed by atoms with Gasteiger partial charge in [0.2, 0.25) is 5.91 Å². The van der Waals surface area contributed by atoms with Gasteiger partial charge in [-0.05, 0) is 42.5 Å². The molecule has 5 nitrogen and oxygen atoms in total. The van der Waals surface area contributed by atoms with E-state index in [0.717, 1.165) is 22.4 Å². The maximum Gasteiger partial charge on any atom is 0.254 e. The van der Waals surface area contributed by atoms with Gasteiger partial charge in [0, 0.05) is 23.2 Å². The predicted molar refractivity (Wildman–Crippen MR) is 123 cm³/mol. The number of nitrogens with one attached hydrogen (secondary N) is 1. The molecule has 3 rings (SSSR count). The molecule has 1 heterocycles. The van der Waals surface area contributed by atoms with Crippen molar-refractivity contribution in [1.29, 1.82) is 0 Å². The largest absolute Gasteiger partial charge is 0.329 e. The zero-order valence-electron chi connectivity index (χ0n) is 17.6. The highest BCUT2D eigenvalue weighted by Crippen LogP contribution is 2.20. The summed E-state index contributed by atoms with van der Waals surface area (Å²) in [5.74, 6) is 0.0634. The molecule has 0 unspecified atom stereocenters. The Morgan fingerprint density at radius 2 is 1.70 bits per heavy atom. The molecule has 0 aliphatic heterocycles. The number of amides is 2. The highest BCUT2D eigenvalue weighted by molar-refractivity contribution is 7.15. The predicted octanol–water partition coefficient (Wildman–Crippen LogP) is 5.25. The number of rotatable bonds is 8. The van der Waals surface area contributed by atoms with E-state index >= 15 is 0 Å². The number of hydrogen-bond donors (Lipinski definition) is 1. The van der Waals surface area contributed by atoms with Gasteiger partial charge in [-0.1, -0.05) is 56.3 Å². The molecule has 156 valence electrons. The average molecular weight is 422 g/mol. The number of thiazole rings is 1. The Hall–Kier alpha value is -2.99. The van der Waals surface area contributed by atoms with Gasteiger partial charge in [0.1, 0.15) is 6.54 Å². The molecule has 0 spiro atoms. The molecule has 1 aromatic heterocycles. The zero-order valence-corrected chi connectivity index (χ0v) is 18.4. The summed E-state index contributed by atoms with van der Waals surface area (Å²) < 4.78 is 0. The summed E-state index contributed by atoms with van der Waals surface area (Å²) in [6, 6.07) is 17.6. The fourth-order valence-electron chi connectivity index (χ4n) is 3.03. The molecule has 0 aliphatic carbocycles. The van der Waals surface area contributed by atoms with Gasteiger partial charge in [-0.3, -0.25) is 9.59 Å². The highest BCUT2D eigenvalue weighted by Gasteiger charge is 2.20. The van der Waals surface area contributed by atoms with Crippen LogP contribution in [0.25, 0.3) is 11.1 Å². The minimum atomic E-state index is -0.234. The van der Waals surface area contributed by atoms with Gasteiger partial charge in [0.15, 0.2) is 5.13 Å². The second-order valence-corrected chi connectivity index (χ2v) is 8.91. The van der Waals surface area contributed by atoms with Crippen LogP contribution in [0.1, 0.15) is 35.5 Å². The SMILES string of the molecule is Cc1cnc(NC(=O)CN(CCC(C)C)C(=O)c2ccc(-c3ccccc3)cc2)s1. The number of benzene rings is 2. The molecule has 0 saturated heterocycles. The number of anilines is 1. The van der Waals surface area contributed by atoms with Crippen LogP contribution in [0.5, 0.6) is 0 Å². The number of carbonyl (C=O) groups is 2. The third-order valence-electron chi connectivity index (χ3n) is 4.70. The van der Waals surface area contributed by atoms with Gasteiger partial charge in [-0.2, -0.15) is 0 Å². The Morgan fingerprint density at radius 1 is 1.03 bits per heavy atom. The third kappa shape index (κ3) is 6.00. The summed E-state index contributed by atoms with van der Waals surface area (Å²) in [6.45, 7) is 6.68. The Bertz CT molecular complexity index is 981. The van der Waals surface area contributed by atoms with E-state index < -0.39 is 0 Å². The first kappa shape index (κ1) is 21.7. The van der Waals surface area contributed by atoms with E-state index in [1.165, 1.54) is 11.3 Å². The van der Waals surface area contributed by atoms with Gasteiger partial charge in [-0.25, -0.2) is 4.98 Å². The van der Waals surface area contributed by atoms with Crippen LogP contribution in [-0.2, 0) is 4.79 Å². The lowest BCUT2D eigenvalue weighted by atomic mass is 10.0. The Balaban J connectivity index is 1.71. The normalized spacial score (nSPS) is 10.8. The summed E-state index contributed by atoms with van der Waals surface area (Å²) in [5, 5.41) is 3.35. The van der Waals surface area contributed by atoms with Crippen LogP contribution in [0.4, 0.5) is 5.13 Å². The highest BCUT2D eigenvalue weighted by atomic mass is 32.1. The van der Waals surface area contributed by atoms with E-state index in [2.05, 4.69) is 24.1 Å². The smallest absolute Gasteiger partial charge is 0.254 e. The lowest BCUT2D eigenvalue weighted by Crippen LogP contribution is -2.39. The molecule has 2 amide bonds. The summed E-state index contributed by atoms with van der Waals surface area (Å²) in [4.78, 5) is 32.4. The van der Waals surface area contributed by atoms with Crippen LogP contribution in [-0.4, -0.2) is 34.8 Å². The minimum absolute atomic E-state index is 0.00458. The van der Waals surface area contributed by atoms with Gasteiger partial charge in [0.05, 0.1) is 0 Å². The Kier molecular flexibility index (Phi) is 7.36. The number of nitrogens with zero attached hydrogens (tertiary/aromatic N) is 2. The molecule has 2 aromatic carbocycles. The first-order valence-corrected chi connectivity index (χ1v) is 10.9. The summed E-state index contributed by atoms with van der Waals surface area (Å²) >= 11 is 1.42. The van der Waals surface area contributed by atoms with Crippen LogP contribution in [0.3, 0.4) is 0 Å². The molecule has 0 aliphatic rings. The molecular weight excluding hydrogens is 394 g/mol. The molecule has 6 heteroatoms. The number of aryl methyl sites for hydroxylation is 1. The Labute approximate surface area is 181 Å². The molecule has 0 atom stereocenters. The zero-order chi connectivity index (χ0) is 21.5. The number of carbonyl (C=O) groups excluding carboxylic acids is 2. The van der Waals surface area contributed by atoms with Crippen molar-refractivity contribution in [1.82, 2.24) is 9.88 Å². The number of hydrogen-bond acceptors (Lipinski definition) is 4. The maximum absolute atomic E-state index is 13.1. The van der Waals surface area contributed by atoms with Crippen molar-refractivity contribution < 1.29 is 9.59 Å². The van der Waals surface area contributed by atoms with E-state index in [-0.39, 0.29) is 18.4 Å². The van der Waals surface area contributed by atoms with Gasteiger partial charge < -0.3 is 10.2 Å². The molecule has 0 bridgehead atoms.